The van der Waals surface area contributed by atoms with Crippen molar-refractivity contribution in [3.8, 4) is 0 Å². The van der Waals surface area contributed by atoms with Gasteiger partial charge in [0.25, 0.3) is 5.91 Å². The molecule has 0 atom stereocenters. The van der Waals surface area contributed by atoms with E-state index in [2.05, 4.69) is 34.3 Å². The standard InChI is InChI=1S/C22H24N4O2/c1-3-16-5-4-6-17(13-16)25-20-18-8-7-15(2)24-21(18)23-14-19(20)22(27)26-9-11-28-12-10-26/h4-8,13-14H,3,9-12H2,1-2H3,(H,23,24,25). The van der Waals surface area contributed by atoms with Gasteiger partial charge in [0.15, 0.2) is 5.65 Å². The number of hydrogen-bond donors (Lipinski definition) is 1. The topological polar surface area (TPSA) is 67.4 Å². The number of anilines is 2. The minimum atomic E-state index is -0.0348. The fourth-order valence-electron chi connectivity index (χ4n) is 3.42. The lowest BCUT2D eigenvalue weighted by Crippen LogP contribution is -2.41. The molecular weight excluding hydrogens is 352 g/mol. The highest BCUT2D eigenvalue weighted by Gasteiger charge is 2.23. The second kappa shape index (κ2) is 7.94. The van der Waals surface area contributed by atoms with Crippen molar-refractivity contribution in [3.05, 3.63) is 59.4 Å². The van der Waals surface area contributed by atoms with Gasteiger partial charge in [0.05, 0.1) is 24.5 Å². The maximum absolute atomic E-state index is 13.2. The molecule has 6 heteroatoms. The van der Waals surface area contributed by atoms with Gasteiger partial charge in [-0.1, -0.05) is 19.1 Å². The monoisotopic (exact) mass is 376 g/mol. The number of hydrogen-bond acceptors (Lipinski definition) is 5. The molecule has 1 N–H and O–H groups in total. The highest BCUT2D eigenvalue weighted by atomic mass is 16.5. The van der Waals surface area contributed by atoms with Crippen LogP contribution in [0.3, 0.4) is 0 Å². The maximum atomic E-state index is 13.2. The molecule has 0 aliphatic carbocycles. The number of pyridine rings is 2. The molecule has 0 radical (unpaired) electrons. The van der Waals surface area contributed by atoms with E-state index in [0.29, 0.717) is 37.5 Å². The summed E-state index contributed by atoms with van der Waals surface area (Å²) >= 11 is 0. The quantitative estimate of drug-likeness (QED) is 0.752. The molecule has 1 aliphatic heterocycles. The number of carbonyl (C=O) groups is 1. The molecule has 28 heavy (non-hydrogen) atoms. The third kappa shape index (κ3) is 3.68. The van der Waals surface area contributed by atoms with E-state index in [4.69, 9.17) is 4.74 Å². The summed E-state index contributed by atoms with van der Waals surface area (Å²) in [5, 5.41) is 4.31. The Bertz CT molecular complexity index is 1010. The van der Waals surface area contributed by atoms with Gasteiger partial charge in [-0.05, 0) is 43.2 Å². The number of aromatic nitrogens is 2. The molecule has 1 amide bonds. The lowest BCUT2D eigenvalue weighted by Gasteiger charge is -2.27. The van der Waals surface area contributed by atoms with Crippen LogP contribution in [-0.2, 0) is 11.2 Å². The lowest BCUT2D eigenvalue weighted by molar-refractivity contribution is 0.0303. The van der Waals surface area contributed by atoms with Gasteiger partial charge in [-0.25, -0.2) is 9.97 Å². The van der Waals surface area contributed by atoms with Crippen LogP contribution in [0.5, 0.6) is 0 Å². The predicted octanol–water partition coefficient (Wildman–Crippen LogP) is 3.72. The van der Waals surface area contributed by atoms with Gasteiger partial charge in [0.1, 0.15) is 0 Å². The molecule has 2 aromatic heterocycles. The Morgan fingerprint density at radius 1 is 1.21 bits per heavy atom. The molecular formula is C22H24N4O2. The normalized spacial score (nSPS) is 14.3. The summed E-state index contributed by atoms with van der Waals surface area (Å²) < 4.78 is 5.39. The number of nitrogens with one attached hydrogen (secondary N) is 1. The van der Waals surface area contributed by atoms with Gasteiger partial charge < -0.3 is 15.0 Å². The average molecular weight is 376 g/mol. The number of rotatable bonds is 4. The van der Waals surface area contributed by atoms with Crippen LogP contribution in [0.25, 0.3) is 11.0 Å². The molecule has 0 unspecified atom stereocenters. The number of fused-ring (bicyclic) bond motifs is 1. The van der Waals surface area contributed by atoms with Gasteiger partial charge in [-0.3, -0.25) is 4.79 Å². The largest absolute Gasteiger partial charge is 0.378 e. The Kier molecular flexibility index (Phi) is 5.21. The zero-order valence-electron chi connectivity index (χ0n) is 16.2. The lowest BCUT2D eigenvalue weighted by atomic mass is 10.1. The summed E-state index contributed by atoms with van der Waals surface area (Å²) in [7, 11) is 0. The van der Waals surface area contributed by atoms with Crippen molar-refractivity contribution in [1.29, 1.82) is 0 Å². The summed E-state index contributed by atoms with van der Waals surface area (Å²) in [6.45, 7) is 6.37. The molecule has 0 spiro atoms. The highest BCUT2D eigenvalue weighted by Crippen LogP contribution is 2.30. The van der Waals surface area contributed by atoms with Gasteiger partial charge in [0.2, 0.25) is 0 Å². The van der Waals surface area contributed by atoms with Crippen molar-refractivity contribution in [2.75, 3.05) is 31.6 Å². The van der Waals surface area contributed by atoms with E-state index in [-0.39, 0.29) is 5.91 Å². The summed E-state index contributed by atoms with van der Waals surface area (Å²) in [5.74, 6) is -0.0348. The van der Waals surface area contributed by atoms with E-state index in [0.717, 1.165) is 28.9 Å². The molecule has 0 saturated carbocycles. The van der Waals surface area contributed by atoms with Crippen molar-refractivity contribution >= 4 is 28.3 Å². The molecule has 1 aliphatic rings. The molecule has 0 bridgehead atoms. The number of morpholine rings is 1. The second-order valence-corrected chi connectivity index (χ2v) is 6.95. The van der Waals surface area contributed by atoms with Crippen molar-refractivity contribution < 1.29 is 9.53 Å². The first-order chi connectivity index (χ1) is 13.7. The second-order valence-electron chi connectivity index (χ2n) is 6.95. The molecule has 4 rings (SSSR count). The number of benzene rings is 1. The third-order valence-corrected chi connectivity index (χ3v) is 5.00. The van der Waals surface area contributed by atoms with E-state index >= 15 is 0 Å². The van der Waals surface area contributed by atoms with Crippen LogP contribution in [0.1, 0.15) is 28.5 Å². The first-order valence-electron chi connectivity index (χ1n) is 9.65. The van der Waals surface area contributed by atoms with E-state index in [1.54, 1.807) is 6.20 Å². The molecule has 3 aromatic rings. The van der Waals surface area contributed by atoms with Gasteiger partial charge in [-0.15, -0.1) is 0 Å². The highest BCUT2D eigenvalue weighted by molar-refractivity contribution is 6.07. The van der Waals surface area contributed by atoms with Crippen molar-refractivity contribution in [2.45, 2.75) is 20.3 Å². The number of carbonyl (C=O) groups excluding carboxylic acids is 1. The maximum Gasteiger partial charge on any atom is 0.257 e. The number of aryl methyl sites for hydroxylation is 2. The van der Waals surface area contributed by atoms with E-state index in [9.17, 15) is 4.79 Å². The van der Waals surface area contributed by atoms with E-state index in [1.165, 1.54) is 5.56 Å². The van der Waals surface area contributed by atoms with Crippen LogP contribution < -0.4 is 5.32 Å². The first kappa shape index (κ1) is 18.4. The van der Waals surface area contributed by atoms with Crippen LogP contribution in [0.4, 0.5) is 11.4 Å². The Morgan fingerprint density at radius 3 is 2.82 bits per heavy atom. The fourth-order valence-corrected chi connectivity index (χ4v) is 3.42. The summed E-state index contributed by atoms with van der Waals surface area (Å²) in [6.07, 6.45) is 2.59. The van der Waals surface area contributed by atoms with Crippen LogP contribution >= 0.6 is 0 Å². The van der Waals surface area contributed by atoms with Crippen LogP contribution in [0.2, 0.25) is 0 Å². The average Bonchev–Trinajstić information content (AvgIpc) is 2.74. The van der Waals surface area contributed by atoms with Crippen LogP contribution in [-0.4, -0.2) is 47.1 Å². The minimum absolute atomic E-state index is 0.0348. The van der Waals surface area contributed by atoms with Gasteiger partial charge in [0, 0.05) is 36.1 Å². The van der Waals surface area contributed by atoms with E-state index in [1.807, 2.05) is 36.1 Å². The van der Waals surface area contributed by atoms with Gasteiger partial charge >= 0.3 is 0 Å². The Balaban J connectivity index is 1.80. The molecule has 1 saturated heterocycles. The fraction of sp³-hybridized carbons (Fsp3) is 0.318. The molecule has 6 nitrogen and oxygen atoms in total. The Labute approximate surface area is 164 Å². The molecule has 1 aromatic carbocycles. The minimum Gasteiger partial charge on any atom is -0.378 e. The Morgan fingerprint density at radius 2 is 2.04 bits per heavy atom. The van der Waals surface area contributed by atoms with Gasteiger partial charge in [-0.2, -0.15) is 0 Å². The molecule has 1 fully saturated rings. The van der Waals surface area contributed by atoms with E-state index < -0.39 is 0 Å². The first-order valence-corrected chi connectivity index (χ1v) is 9.65. The molecule has 3 heterocycles. The van der Waals surface area contributed by atoms with Crippen molar-refractivity contribution in [1.82, 2.24) is 14.9 Å². The summed E-state index contributed by atoms with van der Waals surface area (Å²) in [6, 6.07) is 12.2. The smallest absolute Gasteiger partial charge is 0.257 e. The van der Waals surface area contributed by atoms with Crippen LogP contribution in [0, 0.1) is 6.92 Å². The van der Waals surface area contributed by atoms with Crippen LogP contribution in [0.15, 0.2) is 42.6 Å². The van der Waals surface area contributed by atoms with Crippen molar-refractivity contribution in [3.63, 3.8) is 0 Å². The SMILES string of the molecule is CCc1cccc(Nc2c(C(=O)N3CCOCC3)cnc3nc(C)ccc23)c1. The van der Waals surface area contributed by atoms with Crippen molar-refractivity contribution in [2.24, 2.45) is 0 Å². The number of ether oxygens (including phenoxy) is 1. The third-order valence-electron chi connectivity index (χ3n) is 5.00. The predicted molar refractivity (Wildman–Crippen MR) is 110 cm³/mol. The molecule has 144 valence electrons. The zero-order chi connectivity index (χ0) is 19.5. The summed E-state index contributed by atoms with van der Waals surface area (Å²) in [4.78, 5) is 24.0. The number of nitrogens with zero attached hydrogens (tertiary/aromatic N) is 3. The number of amides is 1. The zero-order valence-corrected chi connectivity index (χ0v) is 16.2. The summed E-state index contributed by atoms with van der Waals surface area (Å²) in [5.41, 5.74) is 5.02. The Hall–Kier alpha value is -2.99.